The molecule has 0 amide bonds. The standard InChI is InChI=1S/C14H23NO2/c1-4-13(16)10-15-8-9-17-14-11(2)6-5-7-12(14)3/h5-7,13,15-16H,4,8-10H2,1-3H3. The summed E-state index contributed by atoms with van der Waals surface area (Å²) in [5.41, 5.74) is 2.33. The minimum absolute atomic E-state index is 0.254. The highest BCUT2D eigenvalue weighted by Gasteiger charge is 2.03. The van der Waals surface area contributed by atoms with E-state index in [1.807, 2.05) is 13.0 Å². The highest BCUT2D eigenvalue weighted by molar-refractivity contribution is 5.39. The molecule has 1 unspecified atom stereocenters. The predicted octanol–water partition coefficient (Wildman–Crippen LogP) is 2.04. The average molecular weight is 237 g/mol. The van der Waals surface area contributed by atoms with Gasteiger partial charge in [0.2, 0.25) is 0 Å². The number of para-hydroxylation sites is 1. The maximum Gasteiger partial charge on any atom is 0.125 e. The molecule has 0 heterocycles. The third-order valence-electron chi connectivity index (χ3n) is 2.79. The van der Waals surface area contributed by atoms with Crippen LogP contribution in [0.1, 0.15) is 24.5 Å². The molecule has 0 aromatic heterocycles. The summed E-state index contributed by atoms with van der Waals surface area (Å²) in [6, 6.07) is 6.14. The molecular weight excluding hydrogens is 214 g/mol. The lowest BCUT2D eigenvalue weighted by molar-refractivity contribution is 0.165. The van der Waals surface area contributed by atoms with Gasteiger partial charge in [0.1, 0.15) is 12.4 Å². The van der Waals surface area contributed by atoms with Gasteiger partial charge in [-0.2, -0.15) is 0 Å². The highest BCUT2D eigenvalue weighted by Crippen LogP contribution is 2.21. The molecule has 0 saturated heterocycles. The van der Waals surface area contributed by atoms with Gasteiger partial charge in [0.25, 0.3) is 0 Å². The molecule has 1 rings (SSSR count). The number of hydrogen-bond acceptors (Lipinski definition) is 3. The summed E-state index contributed by atoms with van der Waals surface area (Å²) in [6.07, 6.45) is 0.528. The largest absolute Gasteiger partial charge is 0.492 e. The van der Waals surface area contributed by atoms with Crippen LogP contribution in [0.5, 0.6) is 5.75 Å². The maximum absolute atomic E-state index is 9.36. The number of hydrogen-bond donors (Lipinski definition) is 2. The quantitative estimate of drug-likeness (QED) is 0.713. The second-order valence-electron chi connectivity index (χ2n) is 4.34. The lowest BCUT2D eigenvalue weighted by Crippen LogP contribution is -2.29. The first-order valence-electron chi connectivity index (χ1n) is 6.23. The summed E-state index contributed by atoms with van der Waals surface area (Å²) in [4.78, 5) is 0. The van der Waals surface area contributed by atoms with Crippen LogP contribution < -0.4 is 10.1 Å². The molecule has 1 atom stereocenters. The molecule has 96 valence electrons. The van der Waals surface area contributed by atoms with E-state index in [0.717, 1.165) is 18.7 Å². The lowest BCUT2D eigenvalue weighted by Gasteiger charge is -2.13. The molecule has 0 spiro atoms. The van der Waals surface area contributed by atoms with Crippen molar-refractivity contribution >= 4 is 0 Å². The Morgan fingerprint density at radius 2 is 1.94 bits per heavy atom. The first-order valence-corrected chi connectivity index (χ1v) is 6.23. The zero-order valence-corrected chi connectivity index (χ0v) is 11.0. The van der Waals surface area contributed by atoms with Gasteiger partial charge in [-0.05, 0) is 31.4 Å². The Hall–Kier alpha value is -1.06. The molecule has 0 saturated carbocycles. The molecule has 2 N–H and O–H groups in total. The number of nitrogens with one attached hydrogen (secondary N) is 1. The summed E-state index contributed by atoms with van der Waals surface area (Å²) in [6.45, 7) is 8.09. The van der Waals surface area contributed by atoms with Crippen molar-refractivity contribution in [1.82, 2.24) is 5.32 Å². The van der Waals surface area contributed by atoms with E-state index < -0.39 is 0 Å². The fourth-order valence-corrected chi connectivity index (χ4v) is 1.67. The average Bonchev–Trinajstić information content (AvgIpc) is 2.31. The SMILES string of the molecule is CCC(O)CNCCOc1c(C)cccc1C. The number of aryl methyl sites for hydroxylation is 2. The van der Waals surface area contributed by atoms with Crippen LogP contribution in [0.4, 0.5) is 0 Å². The number of rotatable bonds is 7. The van der Waals surface area contributed by atoms with Crippen LogP contribution >= 0.6 is 0 Å². The Morgan fingerprint density at radius 3 is 2.53 bits per heavy atom. The van der Waals surface area contributed by atoms with Gasteiger partial charge >= 0.3 is 0 Å². The summed E-state index contributed by atoms with van der Waals surface area (Å²) in [7, 11) is 0. The third kappa shape index (κ3) is 4.75. The van der Waals surface area contributed by atoms with E-state index in [4.69, 9.17) is 4.74 Å². The molecule has 3 nitrogen and oxygen atoms in total. The van der Waals surface area contributed by atoms with Gasteiger partial charge in [0.05, 0.1) is 6.10 Å². The van der Waals surface area contributed by atoms with Crippen molar-refractivity contribution in [3.63, 3.8) is 0 Å². The van der Waals surface area contributed by atoms with Gasteiger partial charge in [0, 0.05) is 13.1 Å². The topological polar surface area (TPSA) is 41.5 Å². The van der Waals surface area contributed by atoms with E-state index in [1.165, 1.54) is 11.1 Å². The van der Waals surface area contributed by atoms with Crippen molar-refractivity contribution in [2.45, 2.75) is 33.3 Å². The van der Waals surface area contributed by atoms with Gasteiger partial charge in [-0.15, -0.1) is 0 Å². The second kappa shape index (κ2) is 7.30. The van der Waals surface area contributed by atoms with E-state index in [1.54, 1.807) is 0 Å². The number of ether oxygens (including phenoxy) is 1. The highest BCUT2D eigenvalue weighted by atomic mass is 16.5. The normalized spacial score (nSPS) is 12.5. The van der Waals surface area contributed by atoms with Crippen LogP contribution in [0.15, 0.2) is 18.2 Å². The van der Waals surface area contributed by atoms with Crippen LogP contribution in [0, 0.1) is 13.8 Å². The molecule has 1 aromatic rings. The smallest absolute Gasteiger partial charge is 0.125 e. The summed E-state index contributed by atoms with van der Waals surface area (Å²) < 4.78 is 5.74. The van der Waals surface area contributed by atoms with Crippen molar-refractivity contribution in [3.05, 3.63) is 29.3 Å². The molecule has 17 heavy (non-hydrogen) atoms. The van der Waals surface area contributed by atoms with Crippen molar-refractivity contribution < 1.29 is 9.84 Å². The minimum atomic E-state index is -0.254. The summed E-state index contributed by atoms with van der Waals surface area (Å²) in [5, 5.41) is 12.5. The van der Waals surface area contributed by atoms with Gasteiger partial charge < -0.3 is 15.2 Å². The minimum Gasteiger partial charge on any atom is -0.492 e. The Labute approximate surface area is 104 Å². The molecule has 0 radical (unpaired) electrons. The number of aliphatic hydroxyl groups is 1. The Kier molecular flexibility index (Phi) is 6.01. The summed E-state index contributed by atoms with van der Waals surface area (Å²) in [5.74, 6) is 0.977. The second-order valence-corrected chi connectivity index (χ2v) is 4.34. The van der Waals surface area contributed by atoms with Crippen molar-refractivity contribution in [2.24, 2.45) is 0 Å². The molecule has 1 aromatic carbocycles. The van der Waals surface area contributed by atoms with Crippen molar-refractivity contribution in [2.75, 3.05) is 19.7 Å². The zero-order valence-electron chi connectivity index (χ0n) is 11.0. The Balaban J connectivity index is 2.27. The van der Waals surface area contributed by atoms with Gasteiger partial charge in [-0.25, -0.2) is 0 Å². The molecule has 3 heteroatoms. The van der Waals surface area contributed by atoms with E-state index in [2.05, 4.69) is 31.3 Å². The van der Waals surface area contributed by atoms with E-state index in [0.29, 0.717) is 13.2 Å². The third-order valence-corrected chi connectivity index (χ3v) is 2.79. The van der Waals surface area contributed by atoms with E-state index in [9.17, 15) is 5.11 Å². The van der Waals surface area contributed by atoms with Crippen LogP contribution in [0.2, 0.25) is 0 Å². The first-order chi connectivity index (χ1) is 8.15. The molecular formula is C14H23NO2. The number of benzene rings is 1. The van der Waals surface area contributed by atoms with Gasteiger partial charge in [-0.3, -0.25) is 0 Å². The molecule has 0 fully saturated rings. The molecule has 0 aliphatic heterocycles. The zero-order chi connectivity index (χ0) is 12.7. The van der Waals surface area contributed by atoms with Crippen LogP contribution in [0.25, 0.3) is 0 Å². The molecule has 0 aliphatic carbocycles. The monoisotopic (exact) mass is 237 g/mol. The van der Waals surface area contributed by atoms with Gasteiger partial charge in [0.15, 0.2) is 0 Å². The van der Waals surface area contributed by atoms with E-state index >= 15 is 0 Å². The maximum atomic E-state index is 9.36. The van der Waals surface area contributed by atoms with E-state index in [-0.39, 0.29) is 6.10 Å². The van der Waals surface area contributed by atoms with Crippen LogP contribution in [-0.2, 0) is 0 Å². The fraction of sp³-hybridized carbons (Fsp3) is 0.571. The number of aliphatic hydroxyl groups excluding tert-OH is 1. The lowest BCUT2D eigenvalue weighted by atomic mass is 10.1. The Bertz CT molecular complexity index is 319. The van der Waals surface area contributed by atoms with Crippen LogP contribution in [-0.4, -0.2) is 30.9 Å². The molecule has 0 bridgehead atoms. The van der Waals surface area contributed by atoms with Gasteiger partial charge in [-0.1, -0.05) is 25.1 Å². The Morgan fingerprint density at radius 1 is 1.29 bits per heavy atom. The fourth-order valence-electron chi connectivity index (χ4n) is 1.67. The summed E-state index contributed by atoms with van der Waals surface area (Å²) >= 11 is 0. The van der Waals surface area contributed by atoms with Crippen molar-refractivity contribution in [1.29, 1.82) is 0 Å². The van der Waals surface area contributed by atoms with Crippen molar-refractivity contribution in [3.8, 4) is 5.75 Å². The predicted molar refractivity (Wildman–Crippen MR) is 70.6 cm³/mol. The van der Waals surface area contributed by atoms with Crippen LogP contribution in [0.3, 0.4) is 0 Å². The molecule has 0 aliphatic rings. The first kappa shape index (κ1) is 14.0.